The molecule has 3 aromatic rings. The number of hydrogen-bond donors (Lipinski definition) is 2. The monoisotopic (exact) mass is 288 g/mol. The Bertz CT molecular complexity index is 766. The lowest BCUT2D eigenvalue weighted by Gasteiger charge is -2.11. The molecule has 0 aliphatic rings. The molecule has 3 rings (SSSR count). The fourth-order valence-electron chi connectivity index (χ4n) is 2.10. The van der Waals surface area contributed by atoms with Crippen LogP contribution in [0.1, 0.15) is 28.0 Å². The maximum atomic E-state index is 11.1. The molecule has 0 aliphatic carbocycles. The topological polar surface area (TPSA) is 118 Å². The lowest BCUT2D eigenvalue weighted by molar-refractivity contribution is 0.0689. The zero-order valence-electron chi connectivity index (χ0n) is 11.1. The van der Waals surface area contributed by atoms with Crippen molar-refractivity contribution >= 4 is 11.6 Å². The highest BCUT2D eigenvalue weighted by atomic mass is 16.5. The third-order valence-corrected chi connectivity index (χ3v) is 3.14. The Labute approximate surface area is 118 Å². The zero-order valence-corrected chi connectivity index (χ0v) is 11.1. The van der Waals surface area contributed by atoms with Gasteiger partial charge in [0.25, 0.3) is 0 Å². The maximum Gasteiger partial charge on any atom is 0.354 e. The number of nitrogens with one attached hydrogen (secondary N) is 1. The summed E-state index contributed by atoms with van der Waals surface area (Å²) >= 11 is 0. The number of carbonyl (C=O) groups is 1. The quantitative estimate of drug-likeness (QED) is 0.700. The summed E-state index contributed by atoms with van der Waals surface area (Å²) in [5, 5.41) is 22.8. The molecule has 3 heterocycles. The van der Waals surface area contributed by atoms with Crippen molar-refractivity contribution in [3.8, 4) is 0 Å². The summed E-state index contributed by atoms with van der Waals surface area (Å²) in [5.74, 6) is -0.581. The van der Waals surface area contributed by atoms with Crippen molar-refractivity contribution in [3.63, 3.8) is 0 Å². The van der Waals surface area contributed by atoms with Crippen LogP contribution in [0.3, 0.4) is 0 Å². The zero-order chi connectivity index (χ0) is 14.8. The van der Waals surface area contributed by atoms with Crippen molar-refractivity contribution < 1.29 is 14.6 Å². The molecule has 3 aromatic heterocycles. The number of aromatic carboxylic acids is 1. The molecule has 0 bridgehead atoms. The minimum absolute atomic E-state index is 0.111. The minimum Gasteiger partial charge on any atom is -0.477 e. The van der Waals surface area contributed by atoms with E-state index in [0.717, 1.165) is 5.56 Å². The van der Waals surface area contributed by atoms with Gasteiger partial charge in [-0.1, -0.05) is 11.3 Å². The second-order valence-electron chi connectivity index (χ2n) is 4.41. The first kappa shape index (κ1) is 13.2. The first-order valence-electron chi connectivity index (χ1n) is 6.14. The molecule has 0 saturated heterocycles. The summed E-state index contributed by atoms with van der Waals surface area (Å²) in [6.45, 7) is 0. The van der Waals surface area contributed by atoms with Crippen LogP contribution in [0.5, 0.6) is 0 Å². The van der Waals surface area contributed by atoms with Gasteiger partial charge in [0.2, 0.25) is 5.82 Å². The van der Waals surface area contributed by atoms with E-state index in [1.165, 1.54) is 10.6 Å². The number of carboxylic acids is 1. The summed E-state index contributed by atoms with van der Waals surface area (Å²) in [7, 11) is 1.56. The molecule has 9 nitrogen and oxygen atoms in total. The molecular formula is C12H12N6O3. The molecule has 1 unspecified atom stereocenters. The molecule has 0 aliphatic heterocycles. The van der Waals surface area contributed by atoms with E-state index in [-0.39, 0.29) is 11.8 Å². The number of methoxy groups -OCH3 is 1. The number of nitrogens with zero attached hydrogens (tertiary/aromatic N) is 5. The number of imidazole rings is 1. The highest BCUT2D eigenvalue weighted by Crippen LogP contribution is 2.18. The number of rotatable bonds is 5. The molecule has 0 fully saturated rings. The van der Waals surface area contributed by atoms with Crippen molar-refractivity contribution in [1.82, 2.24) is 30.0 Å². The van der Waals surface area contributed by atoms with Crippen LogP contribution in [0.15, 0.2) is 24.5 Å². The molecule has 0 saturated carbocycles. The third kappa shape index (κ3) is 2.46. The van der Waals surface area contributed by atoms with Crippen LogP contribution in [-0.2, 0) is 11.2 Å². The van der Waals surface area contributed by atoms with Crippen LogP contribution in [0.2, 0.25) is 0 Å². The van der Waals surface area contributed by atoms with Crippen LogP contribution in [-0.4, -0.2) is 48.2 Å². The molecule has 21 heavy (non-hydrogen) atoms. The normalized spacial score (nSPS) is 12.6. The van der Waals surface area contributed by atoms with E-state index in [1.807, 2.05) is 6.07 Å². The van der Waals surface area contributed by atoms with Crippen molar-refractivity contribution in [2.75, 3.05) is 7.11 Å². The first-order chi connectivity index (χ1) is 10.2. The van der Waals surface area contributed by atoms with Gasteiger partial charge in [0.15, 0.2) is 5.69 Å². The van der Waals surface area contributed by atoms with E-state index < -0.39 is 5.97 Å². The number of aromatic nitrogens is 6. The molecule has 9 heteroatoms. The fourth-order valence-corrected chi connectivity index (χ4v) is 2.10. The third-order valence-electron chi connectivity index (χ3n) is 3.14. The molecule has 0 spiro atoms. The molecule has 2 N–H and O–H groups in total. The van der Waals surface area contributed by atoms with Crippen LogP contribution in [0.25, 0.3) is 5.65 Å². The lowest BCUT2D eigenvalue weighted by atomic mass is 10.1. The highest BCUT2D eigenvalue weighted by Gasteiger charge is 2.17. The Hall–Kier alpha value is -2.81. The summed E-state index contributed by atoms with van der Waals surface area (Å²) in [6.07, 6.45) is 3.17. The van der Waals surface area contributed by atoms with Crippen molar-refractivity contribution in [2.24, 2.45) is 0 Å². The number of hydrogen-bond acceptors (Lipinski definition) is 6. The molecule has 0 aromatic carbocycles. The maximum absolute atomic E-state index is 11.1. The number of ether oxygens (including phenoxy) is 1. The predicted molar refractivity (Wildman–Crippen MR) is 69.8 cm³/mol. The lowest BCUT2D eigenvalue weighted by Crippen LogP contribution is -2.09. The number of H-pyrrole nitrogens is 1. The van der Waals surface area contributed by atoms with Gasteiger partial charge >= 0.3 is 5.97 Å². The van der Waals surface area contributed by atoms with Crippen molar-refractivity contribution in [1.29, 1.82) is 0 Å². The van der Waals surface area contributed by atoms with Crippen LogP contribution in [0.4, 0.5) is 0 Å². The number of tetrazole rings is 1. The standard InChI is InChI=1S/C12H12N6O3/c1-21-9(11-14-16-17-15-11)4-7-2-3-10-13-5-8(12(19)20)18(10)6-7/h2-3,5-6,9H,4H2,1H3,(H,19,20)(H,14,15,16,17). The van der Waals surface area contributed by atoms with E-state index in [9.17, 15) is 4.79 Å². The number of aromatic amines is 1. The van der Waals surface area contributed by atoms with Gasteiger partial charge in [0.05, 0.1) is 6.20 Å². The smallest absolute Gasteiger partial charge is 0.354 e. The Kier molecular flexibility index (Phi) is 3.32. The van der Waals surface area contributed by atoms with E-state index >= 15 is 0 Å². The van der Waals surface area contributed by atoms with Gasteiger partial charge in [0, 0.05) is 19.7 Å². The molecule has 108 valence electrons. The molecular weight excluding hydrogens is 276 g/mol. The summed E-state index contributed by atoms with van der Waals surface area (Å²) in [6, 6.07) is 3.62. The number of pyridine rings is 1. The van der Waals surface area contributed by atoms with Gasteiger partial charge in [-0.3, -0.25) is 4.40 Å². The van der Waals surface area contributed by atoms with E-state index in [2.05, 4.69) is 25.6 Å². The number of carboxylic acid groups (broad SMARTS) is 1. The Balaban J connectivity index is 1.93. The Morgan fingerprint density at radius 1 is 1.52 bits per heavy atom. The molecule has 0 radical (unpaired) electrons. The number of fused-ring (bicyclic) bond motifs is 1. The van der Waals surface area contributed by atoms with Crippen LogP contribution >= 0.6 is 0 Å². The SMILES string of the molecule is COC(Cc1ccc2ncc(C(=O)O)n2c1)c1nn[nH]n1. The van der Waals surface area contributed by atoms with E-state index in [4.69, 9.17) is 9.84 Å². The average Bonchev–Trinajstić information content (AvgIpc) is 3.13. The van der Waals surface area contributed by atoms with E-state index in [0.29, 0.717) is 17.9 Å². The predicted octanol–water partition coefficient (Wildman–Crippen LogP) is 0.476. The summed E-state index contributed by atoms with van der Waals surface area (Å²) in [5.41, 5.74) is 1.56. The Morgan fingerprint density at radius 2 is 2.38 bits per heavy atom. The van der Waals surface area contributed by atoms with Crippen molar-refractivity contribution in [2.45, 2.75) is 12.5 Å². The summed E-state index contributed by atoms with van der Waals surface area (Å²) in [4.78, 5) is 15.2. The van der Waals surface area contributed by atoms with Gasteiger partial charge in [0.1, 0.15) is 11.8 Å². The Morgan fingerprint density at radius 3 is 3.05 bits per heavy atom. The second kappa shape index (κ2) is 5.29. The van der Waals surface area contributed by atoms with E-state index in [1.54, 1.807) is 19.4 Å². The highest BCUT2D eigenvalue weighted by molar-refractivity contribution is 5.86. The van der Waals surface area contributed by atoms with Crippen LogP contribution in [0, 0.1) is 0 Å². The molecule has 0 amide bonds. The fraction of sp³-hybridized carbons (Fsp3) is 0.250. The molecule has 1 atom stereocenters. The van der Waals surface area contributed by atoms with Gasteiger partial charge in [-0.05, 0) is 11.6 Å². The van der Waals surface area contributed by atoms with Crippen molar-refractivity contribution in [3.05, 3.63) is 41.6 Å². The average molecular weight is 288 g/mol. The summed E-state index contributed by atoms with van der Waals surface area (Å²) < 4.78 is 6.87. The second-order valence-corrected chi connectivity index (χ2v) is 4.41. The van der Waals surface area contributed by atoms with Gasteiger partial charge in [-0.2, -0.15) is 5.21 Å². The minimum atomic E-state index is -1.03. The van der Waals surface area contributed by atoms with Gasteiger partial charge in [-0.15, -0.1) is 10.2 Å². The van der Waals surface area contributed by atoms with Gasteiger partial charge < -0.3 is 9.84 Å². The van der Waals surface area contributed by atoms with Gasteiger partial charge in [-0.25, -0.2) is 9.78 Å². The first-order valence-corrected chi connectivity index (χ1v) is 6.14. The van der Waals surface area contributed by atoms with Crippen LogP contribution < -0.4 is 0 Å². The largest absolute Gasteiger partial charge is 0.477 e.